The average molecular weight is 353 g/mol. The van der Waals surface area contributed by atoms with E-state index in [0.717, 1.165) is 10.4 Å². The fourth-order valence-corrected chi connectivity index (χ4v) is 4.46. The molecule has 0 aliphatic carbocycles. The van der Waals surface area contributed by atoms with Gasteiger partial charge in [-0.25, -0.2) is 17.6 Å². The number of halogens is 1. The molecule has 1 aromatic carbocycles. The lowest BCUT2D eigenvalue weighted by atomic mass is 9.88. The highest BCUT2D eigenvalue weighted by molar-refractivity contribution is 7.89. The van der Waals surface area contributed by atoms with Gasteiger partial charge in [0.25, 0.3) is 0 Å². The van der Waals surface area contributed by atoms with Crippen LogP contribution in [0.2, 0.25) is 0 Å². The third-order valence-electron chi connectivity index (χ3n) is 4.35. The molecule has 1 aromatic heterocycles. The minimum Gasteiger partial charge on any atom is -0.479 e. The van der Waals surface area contributed by atoms with Crippen molar-refractivity contribution >= 4 is 16.0 Å². The molecule has 1 saturated heterocycles. The summed E-state index contributed by atoms with van der Waals surface area (Å²) < 4.78 is 41.5. The topological polar surface area (TPSA) is 92.5 Å². The third kappa shape index (κ3) is 2.59. The molecule has 1 fully saturated rings. The van der Waals surface area contributed by atoms with Gasteiger partial charge < -0.3 is 5.11 Å². The number of nitrogens with zero attached hydrogens (tertiary/aromatic N) is 3. The monoisotopic (exact) mass is 353 g/mol. The number of hydrogen-bond acceptors (Lipinski definition) is 4. The first-order valence-electron chi connectivity index (χ1n) is 7.36. The molecule has 0 unspecified atom stereocenters. The zero-order chi connectivity index (χ0) is 17.4. The van der Waals surface area contributed by atoms with Crippen LogP contribution >= 0.6 is 0 Å². The van der Waals surface area contributed by atoms with E-state index in [9.17, 15) is 22.7 Å². The summed E-state index contributed by atoms with van der Waals surface area (Å²) in [5.74, 6) is -1.88. The largest absolute Gasteiger partial charge is 0.479 e. The molecule has 0 saturated carbocycles. The average Bonchev–Trinajstić information content (AvgIpc) is 3.10. The van der Waals surface area contributed by atoms with Crippen molar-refractivity contribution < 1.29 is 22.7 Å². The fourth-order valence-electron chi connectivity index (χ4n) is 2.95. The van der Waals surface area contributed by atoms with Crippen LogP contribution in [-0.4, -0.2) is 46.7 Å². The molecule has 3 rings (SSSR count). The molecule has 0 bridgehead atoms. The number of benzene rings is 1. The van der Waals surface area contributed by atoms with Gasteiger partial charge in [0.05, 0.1) is 0 Å². The summed E-state index contributed by atoms with van der Waals surface area (Å²) in [5, 5.41) is 13.6. The van der Waals surface area contributed by atoms with E-state index in [1.54, 1.807) is 12.3 Å². The quantitative estimate of drug-likeness (QED) is 0.894. The Kier molecular flexibility index (Phi) is 4.14. The Bertz CT molecular complexity index is 843. The van der Waals surface area contributed by atoms with Gasteiger partial charge >= 0.3 is 5.97 Å². The van der Waals surface area contributed by atoms with Gasteiger partial charge in [0, 0.05) is 25.5 Å². The predicted molar refractivity (Wildman–Crippen MR) is 82.2 cm³/mol. The molecular formula is C15H16FN3O4S. The highest BCUT2D eigenvalue weighted by atomic mass is 32.2. The molecule has 1 aliphatic heterocycles. The number of sulfonamides is 1. The van der Waals surface area contributed by atoms with Gasteiger partial charge in [-0.1, -0.05) is 12.1 Å². The molecule has 0 spiro atoms. The van der Waals surface area contributed by atoms with E-state index < -0.39 is 32.2 Å². The lowest BCUT2D eigenvalue weighted by Crippen LogP contribution is -2.52. The lowest BCUT2D eigenvalue weighted by molar-refractivity contribution is -0.150. The maximum atomic E-state index is 13.8. The molecule has 0 radical (unpaired) electrons. The minimum absolute atomic E-state index is 0.0250. The van der Waals surface area contributed by atoms with E-state index in [-0.39, 0.29) is 25.9 Å². The zero-order valence-corrected chi connectivity index (χ0v) is 13.5. The van der Waals surface area contributed by atoms with E-state index >= 15 is 0 Å². The van der Waals surface area contributed by atoms with Crippen molar-refractivity contribution in [2.75, 3.05) is 13.1 Å². The fraction of sp³-hybridized carbons (Fsp3) is 0.333. The van der Waals surface area contributed by atoms with Crippen molar-refractivity contribution in [3.63, 3.8) is 0 Å². The Morgan fingerprint density at radius 2 is 1.88 bits per heavy atom. The van der Waals surface area contributed by atoms with Crippen LogP contribution in [0.4, 0.5) is 4.39 Å². The van der Waals surface area contributed by atoms with Gasteiger partial charge in [0.2, 0.25) is 10.0 Å². The van der Waals surface area contributed by atoms with Gasteiger partial charge in [-0.2, -0.15) is 9.40 Å². The Hall–Kier alpha value is -2.26. The lowest BCUT2D eigenvalue weighted by Gasteiger charge is -2.38. The zero-order valence-electron chi connectivity index (χ0n) is 12.7. The smallest absolute Gasteiger partial charge is 0.331 e. The normalized spacial score (nSPS) is 18.4. The summed E-state index contributed by atoms with van der Waals surface area (Å²) in [6, 6.07) is 6.77. The molecule has 7 nitrogen and oxygen atoms in total. The summed E-state index contributed by atoms with van der Waals surface area (Å²) in [7, 11) is -4.00. The Labute approximate surface area is 138 Å². The van der Waals surface area contributed by atoms with Gasteiger partial charge in [-0.15, -0.1) is 0 Å². The van der Waals surface area contributed by atoms with E-state index in [1.807, 2.05) is 0 Å². The predicted octanol–water partition coefficient (Wildman–Crippen LogP) is 1.29. The Balaban J connectivity index is 1.87. The van der Waals surface area contributed by atoms with Crippen LogP contribution < -0.4 is 0 Å². The summed E-state index contributed by atoms with van der Waals surface area (Å²) in [5.41, 5.74) is -1.29. The molecule has 128 valence electrons. The minimum atomic E-state index is -4.00. The van der Waals surface area contributed by atoms with E-state index in [1.165, 1.54) is 29.1 Å². The van der Waals surface area contributed by atoms with Gasteiger partial charge in [0.1, 0.15) is 10.7 Å². The summed E-state index contributed by atoms with van der Waals surface area (Å²) in [4.78, 5) is 11.4. The van der Waals surface area contributed by atoms with Crippen LogP contribution in [0.1, 0.15) is 12.8 Å². The number of hydrogen-bond donors (Lipinski definition) is 1. The highest BCUT2D eigenvalue weighted by Crippen LogP contribution is 2.33. The van der Waals surface area contributed by atoms with E-state index in [0.29, 0.717) is 0 Å². The summed E-state index contributed by atoms with van der Waals surface area (Å²) in [6.45, 7) is -0.0499. The molecule has 1 N–H and O–H groups in total. The molecule has 0 amide bonds. The van der Waals surface area contributed by atoms with Crippen molar-refractivity contribution in [1.29, 1.82) is 0 Å². The molecule has 0 atom stereocenters. The number of carbonyl (C=O) groups is 1. The second-order valence-electron chi connectivity index (χ2n) is 5.62. The van der Waals surface area contributed by atoms with Crippen LogP contribution in [0, 0.1) is 5.82 Å². The van der Waals surface area contributed by atoms with Crippen LogP contribution in [0.3, 0.4) is 0 Å². The van der Waals surface area contributed by atoms with Crippen molar-refractivity contribution in [3.05, 3.63) is 48.5 Å². The first-order chi connectivity index (χ1) is 11.4. The maximum Gasteiger partial charge on any atom is 0.331 e. The number of carboxylic acids is 1. The van der Waals surface area contributed by atoms with Crippen LogP contribution in [-0.2, 0) is 20.4 Å². The molecule has 2 heterocycles. The number of aliphatic carboxylic acids is 1. The first-order valence-corrected chi connectivity index (χ1v) is 8.80. The molecular weight excluding hydrogens is 337 g/mol. The van der Waals surface area contributed by atoms with Crippen molar-refractivity contribution in [2.24, 2.45) is 0 Å². The molecule has 24 heavy (non-hydrogen) atoms. The number of carboxylic acid groups (broad SMARTS) is 1. The van der Waals surface area contributed by atoms with Gasteiger partial charge in [-0.05, 0) is 31.0 Å². The van der Waals surface area contributed by atoms with Crippen molar-refractivity contribution in [3.8, 4) is 0 Å². The maximum absolute atomic E-state index is 13.8. The van der Waals surface area contributed by atoms with Crippen LogP contribution in [0.15, 0.2) is 47.6 Å². The first kappa shape index (κ1) is 16.6. The van der Waals surface area contributed by atoms with E-state index in [4.69, 9.17) is 0 Å². The standard InChI is InChI=1S/C15H16FN3O4S/c16-12-4-1-2-5-13(12)24(22,23)18-10-6-15(7-11-18,14(20)21)19-9-3-8-17-19/h1-5,8-9H,6-7,10-11H2,(H,20,21). The molecule has 1 aliphatic rings. The molecule has 2 aromatic rings. The SMILES string of the molecule is O=C(O)C1(n2cccn2)CCN(S(=O)(=O)c2ccccc2F)CC1. The van der Waals surface area contributed by atoms with Crippen molar-refractivity contribution in [2.45, 2.75) is 23.3 Å². The second kappa shape index (κ2) is 5.99. The summed E-state index contributed by atoms with van der Waals surface area (Å²) >= 11 is 0. The number of aromatic nitrogens is 2. The Morgan fingerprint density at radius 3 is 2.42 bits per heavy atom. The van der Waals surface area contributed by atoms with Gasteiger partial charge in [0.15, 0.2) is 5.54 Å². The second-order valence-corrected chi connectivity index (χ2v) is 7.53. The number of rotatable bonds is 4. The van der Waals surface area contributed by atoms with Crippen LogP contribution in [0.5, 0.6) is 0 Å². The van der Waals surface area contributed by atoms with Crippen molar-refractivity contribution in [1.82, 2.24) is 14.1 Å². The summed E-state index contributed by atoms with van der Waals surface area (Å²) in [6.07, 6.45) is 3.14. The third-order valence-corrected chi connectivity index (χ3v) is 6.28. The van der Waals surface area contributed by atoms with Gasteiger partial charge in [-0.3, -0.25) is 4.68 Å². The molecule has 9 heteroatoms. The number of piperidine rings is 1. The highest BCUT2D eigenvalue weighted by Gasteiger charge is 2.46. The Morgan fingerprint density at radius 1 is 1.21 bits per heavy atom. The van der Waals surface area contributed by atoms with E-state index in [2.05, 4.69) is 5.10 Å². The van der Waals surface area contributed by atoms with Crippen LogP contribution in [0.25, 0.3) is 0 Å².